The molecule has 2 atom stereocenters. The van der Waals surface area contributed by atoms with E-state index in [0.717, 1.165) is 11.3 Å². The van der Waals surface area contributed by atoms with Crippen LogP contribution in [-0.4, -0.2) is 20.2 Å². The minimum Gasteiger partial charge on any atom is -0.497 e. The molecule has 4 nitrogen and oxygen atoms in total. The van der Waals surface area contributed by atoms with Crippen LogP contribution in [0.1, 0.15) is 24.9 Å². The first-order valence-corrected chi connectivity index (χ1v) is 5.61. The van der Waals surface area contributed by atoms with Crippen LogP contribution in [0.4, 0.5) is 0 Å². The molecule has 0 aliphatic carbocycles. The van der Waals surface area contributed by atoms with Crippen molar-refractivity contribution in [3.63, 3.8) is 0 Å². The van der Waals surface area contributed by atoms with E-state index in [0.29, 0.717) is 6.42 Å². The molecule has 0 amide bonds. The van der Waals surface area contributed by atoms with Crippen LogP contribution in [0.15, 0.2) is 24.3 Å². The lowest BCUT2D eigenvalue weighted by molar-refractivity contribution is -0.146. The van der Waals surface area contributed by atoms with Crippen LogP contribution in [0.5, 0.6) is 5.75 Å². The zero-order valence-electron chi connectivity index (χ0n) is 10.5. The molecular formula is C13H19NO3. The highest BCUT2D eigenvalue weighted by atomic mass is 16.5. The fraction of sp³-hybridized carbons (Fsp3) is 0.462. The molecule has 0 radical (unpaired) electrons. The normalized spacial score (nSPS) is 13.9. The van der Waals surface area contributed by atoms with Gasteiger partial charge in [-0.1, -0.05) is 19.1 Å². The van der Waals surface area contributed by atoms with Crippen molar-refractivity contribution in [2.45, 2.75) is 19.4 Å². The number of carbonyl (C=O) groups is 1. The molecule has 0 spiro atoms. The van der Waals surface area contributed by atoms with Crippen LogP contribution < -0.4 is 10.5 Å². The second kappa shape index (κ2) is 6.25. The van der Waals surface area contributed by atoms with E-state index < -0.39 is 0 Å². The van der Waals surface area contributed by atoms with E-state index in [1.807, 2.05) is 31.2 Å². The van der Waals surface area contributed by atoms with Gasteiger partial charge in [0, 0.05) is 6.04 Å². The van der Waals surface area contributed by atoms with Gasteiger partial charge in [0.1, 0.15) is 5.75 Å². The lowest BCUT2D eigenvalue weighted by Crippen LogP contribution is -2.28. The summed E-state index contributed by atoms with van der Waals surface area (Å²) < 4.78 is 9.82. The zero-order valence-corrected chi connectivity index (χ0v) is 10.5. The topological polar surface area (TPSA) is 61.5 Å². The van der Waals surface area contributed by atoms with Crippen LogP contribution >= 0.6 is 0 Å². The Labute approximate surface area is 102 Å². The number of carbonyl (C=O) groups excluding carboxylic acids is 1. The number of methoxy groups -OCH3 is 2. The Morgan fingerprint density at radius 2 is 1.88 bits per heavy atom. The number of nitrogens with two attached hydrogens (primary N) is 1. The highest BCUT2D eigenvalue weighted by molar-refractivity contribution is 5.73. The summed E-state index contributed by atoms with van der Waals surface area (Å²) in [4.78, 5) is 11.6. The summed E-state index contributed by atoms with van der Waals surface area (Å²) in [7, 11) is 2.99. The van der Waals surface area contributed by atoms with Gasteiger partial charge < -0.3 is 15.2 Å². The predicted octanol–water partition coefficient (Wildman–Crippen LogP) is 1.89. The molecule has 2 N–H and O–H groups in total. The maximum absolute atomic E-state index is 11.6. The first-order chi connectivity index (χ1) is 8.13. The Kier molecular flexibility index (Phi) is 4.97. The van der Waals surface area contributed by atoms with Crippen LogP contribution in [0.25, 0.3) is 0 Å². The van der Waals surface area contributed by atoms with Crippen LogP contribution in [0.3, 0.4) is 0 Å². The largest absolute Gasteiger partial charge is 0.497 e. The first kappa shape index (κ1) is 13.5. The van der Waals surface area contributed by atoms with Gasteiger partial charge in [0.15, 0.2) is 0 Å². The van der Waals surface area contributed by atoms with Crippen LogP contribution in [0.2, 0.25) is 0 Å². The standard InChI is InChI=1S/C13H19NO3/c1-4-11(13(15)17-3)12(14)9-5-7-10(16-2)8-6-9/h5-8,11-12H,4,14H2,1-3H3. The third kappa shape index (κ3) is 3.20. The third-order valence-corrected chi connectivity index (χ3v) is 2.88. The van der Waals surface area contributed by atoms with Gasteiger partial charge >= 0.3 is 5.97 Å². The Balaban J connectivity index is 2.85. The summed E-state index contributed by atoms with van der Waals surface area (Å²) >= 11 is 0. The molecule has 1 aromatic rings. The summed E-state index contributed by atoms with van der Waals surface area (Å²) in [5.41, 5.74) is 6.98. The molecule has 0 aliphatic heterocycles. The van der Waals surface area contributed by atoms with E-state index in [2.05, 4.69) is 0 Å². The summed E-state index contributed by atoms with van der Waals surface area (Å²) in [5.74, 6) is 0.191. The van der Waals surface area contributed by atoms with Gasteiger partial charge in [0.25, 0.3) is 0 Å². The monoisotopic (exact) mass is 237 g/mol. The van der Waals surface area contributed by atoms with E-state index in [-0.39, 0.29) is 17.9 Å². The van der Waals surface area contributed by atoms with Crippen LogP contribution in [0, 0.1) is 5.92 Å². The second-order valence-electron chi connectivity index (χ2n) is 3.84. The maximum Gasteiger partial charge on any atom is 0.310 e. The zero-order chi connectivity index (χ0) is 12.8. The van der Waals surface area contributed by atoms with Crippen molar-refractivity contribution in [3.05, 3.63) is 29.8 Å². The Morgan fingerprint density at radius 3 is 2.29 bits per heavy atom. The fourth-order valence-corrected chi connectivity index (χ4v) is 1.78. The number of hydrogen-bond donors (Lipinski definition) is 1. The Bertz CT molecular complexity index is 361. The predicted molar refractivity (Wildman–Crippen MR) is 65.7 cm³/mol. The lowest BCUT2D eigenvalue weighted by atomic mass is 9.91. The van der Waals surface area contributed by atoms with Gasteiger partial charge in [-0.2, -0.15) is 0 Å². The van der Waals surface area contributed by atoms with E-state index >= 15 is 0 Å². The minimum atomic E-state index is -0.349. The molecule has 0 fully saturated rings. The summed E-state index contributed by atoms with van der Waals surface area (Å²) in [6.45, 7) is 1.92. The number of hydrogen-bond acceptors (Lipinski definition) is 4. The molecular weight excluding hydrogens is 218 g/mol. The number of esters is 1. The Morgan fingerprint density at radius 1 is 1.29 bits per heavy atom. The first-order valence-electron chi connectivity index (χ1n) is 5.61. The average Bonchev–Trinajstić information content (AvgIpc) is 2.39. The Hall–Kier alpha value is -1.55. The van der Waals surface area contributed by atoms with Crippen molar-refractivity contribution < 1.29 is 14.3 Å². The highest BCUT2D eigenvalue weighted by Crippen LogP contribution is 2.25. The molecule has 4 heteroatoms. The molecule has 0 saturated heterocycles. The van der Waals surface area contributed by atoms with Gasteiger partial charge in [0.2, 0.25) is 0 Å². The van der Waals surface area contributed by atoms with Gasteiger partial charge in [-0.3, -0.25) is 4.79 Å². The van der Waals surface area contributed by atoms with Crippen molar-refractivity contribution >= 4 is 5.97 Å². The third-order valence-electron chi connectivity index (χ3n) is 2.88. The smallest absolute Gasteiger partial charge is 0.310 e. The van der Waals surface area contributed by atoms with Gasteiger partial charge in [-0.15, -0.1) is 0 Å². The fourth-order valence-electron chi connectivity index (χ4n) is 1.78. The van der Waals surface area contributed by atoms with Crippen LogP contribution in [-0.2, 0) is 9.53 Å². The SMILES string of the molecule is CCC(C(=O)OC)C(N)c1ccc(OC)cc1. The quantitative estimate of drug-likeness (QED) is 0.794. The summed E-state index contributed by atoms with van der Waals surface area (Å²) in [5, 5.41) is 0. The van der Waals surface area contributed by atoms with E-state index in [4.69, 9.17) is 15.2 Å². The molecule has 0 bridgehead atoms. The molecule has 0 heterocycles. The van der Waals surface area contributed by atoms with E-state index in [9.17, 15) is 4.79 Å². The summed E-state index contributed by atoms with van der Waals surface area (Å²) in [6, 6.07) is 7.06. The van der Waals surface area contributed by atoms with Gasteiger partial charge in [-0.25, -0.2) is 0 Å². The summed E-state index contributed by atoms with van der Waals surface area (Å²) in [6.07, 6.45) is 0.653. The number of benzene rings is 1. The molecule has 17 heavy (non-hydrogen) atoms. The average molecular weight is 237 g/mol. The minimum absolute atomic E-state index is 0.268. The second-order valence-corrected chi connectivity index (χ2v) is 3.84. The molecule has 94 valence electrons. The van der Waals surface area contributed by atoms with Gasteiger partial charge in [0.05, 0.1) is 20.1 Å². The molecule has 1 rings (SSSR count). The van der Waals surface area contributed by atoms with E-state index in [1.165, 1.54) is 7.11 Å². The lowest BCUT2D eigenvalue weighted by Gasteiger charge is -2.20. The number of ether oxygens (including phenoxy) is 2. The van der Waals surface area contributed by atoms with E-state index in [1.54, 1.807) is 7.11 Å². The molecule has 0 saturated carbocycles. The molecule has 2 unspecified atom stereocenters. The van der Waals surface area contributed by atoms with Crippen molar-refractivity contribution in [2.75, 3.05) is 14.2 Å². The molecule has 1 aromatic carbocycles. The van der Waals surface area contributed by atoms with Crippen molar-refractivity contribution in [2.24, 2.45) is 11.7 Å². The highest BCUT2D eigenvalue weighted by Gasteiger charge is 2.25. The maximum atomic E-state index is 11.6. The van der Waals surface area contributed by atoms with Gasteiger partial charge in [-0.05, 0) is 24.1 Å². The number of rotatable bonds is 5. The molecule has 0 aromatic heterocycles. The van der Waals surface area contributed by atoms with Crippen molar-refractivity contribution in [3.8, 4) is 5.75 Å². The van der Waals surface area contributed by atoms with Crippen molar-refractivity contribution in [1.29, 1.82) is 0 Å². The van der Waals surface area contributed by atoms with Crippen molar-refractivity contribution in [1.82, 2.24) is 0 Å². The molecule has 0 aliphatic rings.